The fraction of sp³-hybridized carbons (Fsp3) is 0.533. The van der Waals surface area contributed by atoms with Gasteiger partial charge in [-0.15, -0.1) is 0 Å². The molecule has 5 heteroatoms. The molecule has 0 radical (unpaired) electrons. The maximum atomic E-state index is 12.1. The second-order valence-electron chi connectivity index (χ2n) is 5.98. The monoisotopic (exact) mass is 274 g/mol. The molecule has 0 spiro atoms. The molecule has 3 atom stereocenters. The summed E-state index contributed by atoms with van der Waals surface area (Å²) < 4.78 is 1.85. The Balaban J connectivity index is 1.53. The Bertz CT molecular complexity index is 526. The number of nitrogens with one attached hydrogen (secondary N) is 2. The fourth-order valence-corrected chi connectivity index (χ4v) is 3.50. The van der Waals surface area contributed by atoms with Gasteiger partial charge in [-0.25, -0.2) is 4.57 Å². The van der Waals surface area contributed by atoms with Crippen LogP contribution in [0.25, 0.3) is 0 Å². The lowest BCUT2D eigenvalue weighted by Crippen LogP contribution is -2.45. The van der Waals surface area contributed by atoms with E-state index in [-0.39, 0.29) is 17.7 Å². The van der Waals surface area contributed by atoms with Crippen LogP contribution in [0.1, 0.15) is 36.0 Å². The molecule has 2 bridgehead atoms. The van der Waals surface area contributed by atoms with E-state index < -0.39 is 0 Å². The highest BCUT2D eigenvalue weighted by Gasteiger charge is 2.43. The van der Waals surface area contributed by atoms with Gasteiger partial charge in [0.1, 0.15) is 7.05 Å². The smallest absolute Gasteiger partial charge is 0.270 e. The summed E-state index contributed by atoms with van der Waals surface area (Å²) in [5.41, 5.74) is 5.62. The van der Waals surface area contributed by atoms with Gasteiger partial charge in [0.25, 0.3) is 5.91 Å². The minimum Gasteiger partial charge on any atom is -0.273 e. The average molecular weight is 274 g/mol. The first-order chi connectivity index (χ1) is 9.63. The third-order valence-corrected chi connectivity index (χ3v) is 4.61. The zero-order valence-electron chi connectivity index (χ0n) is 11.6. The molecule has 20 heavy (non-hydrogen) atoms. The topological polar surface area (TPSA) is 62.1 Å². The summed E-state index contributed by atoms with van der Waals surface area (Å²) in [5, 5.41) is 0. The highest BCUT2D eigenvalue weighted by Crippen LogP contribution is 2.48. The summed E-state index contributed by atoms with van der Waals surface area (Å²) in [7, 11) is 1.89. The highest BCUT2D eigenvalue weighted by atomic mass is 16.2. The number of carbonyl (C=O) groups is 2. The number of amides is 2. The molecule has 2 saturated carbocycles. The van der Waals surface area contributed by atoms with Gasteiger partial charge in [-0.3, -0.25) is 20.4 Å². The molecule has 2 fully saturated rings. The summed E-state index contributed by atoms with van der Waals surface area (Å²) in [4.78, 5) is 24.0. The van der Waals surface area contributed by atoms with Crippen molar-refractivity contribution in [1.82, 2.24) is 10.9 Å². The van der Waals surface area contributed by atoms with E-state index >= 15 is 0 Å². The predicted octanol–water partition coefficient (Wildman–Crippen LogP) is 0.708. The van der Waals surface area contributed by atoms with E-state index in [0.29, 0.717) is 11.5 Å². The maximum Gasteiger partial charge on any atom is 0.270 e. The number of hydrazine groups is 1. The summed E-state index contributed by atoms with van der Waals surface area (Å²) >= 11 is 0. The predicted molar refractivity (Wildman–Crippen MR) is 72.2 cm³/mol. The van der Waals surface area contributed by atoms with Gasteiger partial charge in [-0.1, -0.05) is 6.42 Å². The molecule has 106 valence electrons. The van der Waals surface area contributed by atoms with Gasteiger partial charge in [0.15, 0.2) is 12.4 Å². The normalized spacial score (nSPS) is 27.4. The van der Waals surface area contributed by atoms with Gasteiger partial charge in [-0.05, 0) is 31.1 Å². The van der Waals surface area contributed by atoms with Gasteiger partial charge in [0.05, 0.1) is 5.56 Å². The average Bonchev–Trinajstić information content (AvgIpc) is 3.08. The van der Waals surface area contributed by atoms with Crippen molar-refractivity contribution in [1.29, 1.82) is 0 Å². The van der Waals surface area contributed by atoms with Crippen molar-refractivity contribution in [3.63, 3.8) is 0 Å². The van der Waals surface area contributed by atoms with Gasteiger partial charge in [-0.2, -0.15) is 0 Å². The summed E-state index contributed by atoms with van der Waals surface area (Å²) in [6.07, 6.45) is 8.18. The Kier molecular flexibility index (Phi) is 3.42. The molecule has 1 heterocycles. The minimum atomic E-state index is -0.276. The first-order valence-electron chi connectivity index (χ1n) is 7.19. The zero-order chi connectivity index (χ0) is 14.1. The van der Waals surface area contributed by atoms with Crippen molar-refractivity contribution in [2.45, 2.75) is 25.7 Å². The molecule has 5 nitrogen and oxygen atoms in total. The molecule has 2 N–H and O–H groups in total. The van der Waals surface area contributed by atoms with Crippen molar-refractivity contribution >= 4 is 11.8 Å². The number of nitrogens with zero attached hydrogens (tertiary/aromatic N) is 1. The largest absolute Gasteiger partial charge is 0.273 e. The lowest BCUT2D eigenvalue weighted by Gasteiger charge is -2.20. The molecule has 0 saturated heterocycles. The van der Waals surface area contributed by atoms with E-state index in [0.717, 1.165) is 18.8 Å². The molecular weight excluding hydrogens is 254 g/mol. The van der Waals surface area contributed by atoms with Crippen LogP contribution >= 0.6 is 0 Å². The van der Waals surface area contributed by atoms with E-state index in [1.165, 1.54) is 12.8 Å². The van der Waals surface area contributed by atoms with Crippen LogP contribution in [-0.4, -0.2) is 11.8 Å². The van der Waals surface area contributed by atoms with Crippen LogP contribution in [0, 0.1) is 17.8 Å². The maximum absolute atomic E-state index is 12.1. The van der Waals surface area contributed by atoms with Crippen LogP contribution in [-0.2, 0) is 11.8 Å². The third kappa shape index (κ3) is 2.53. The van der Waals surface area contributed by atoms with Crippen LogP contribution in [0.3, 0.4) is 0 Å². The van der Waals surface area contributed by atoms with Crippen LogP contribution in [0.15, 0.2) is 24.5 Å². The number of aromatic nitrogens is 1. The molecule has 0 unspecified atom stereocenters. The van der Waals surface area contributed by atoms with Gasteiger partial charge < -0.3 is 0 Å². The molecule has 0 aliphatic heterocycles. The van der Waals surface area contributed by atoms with Crippen molar-refractivity contribution in [3.8, 4) is 0 Å². The number of rotatable bonds is 2. The van der Waals surface area contributed by atoms with Crippen molar-refractivity contribution < 1.29 is 14.2 Å². The number of fused-ring (bicyclic) bond motifs is 2. The Morgan fingerprint density at radius 3 is 2.50 bits per heavy atom. The summed E-state index contributed by atoms with van der Waals surface area (Å²) in [6, 6.07) is 3.44. The first-order valence-corrected chi connectivity index (χ1v) is 7.19. The Morgan fingerprint density at radius 2 is 1.90 bits per heavy atom. The van der Waals surface area contributed by atoms with Crippen LogP contribution in [0.2, 0.25) is 0 Å². The fourth-order valence-electron chi connectivity index (χ4n) is 3.50. The summed E-state index contributed by atoms with van der Waals surface area (Å²) in [6.45, 7) is 0. The van der Waals surface area contributed by atoms with Crippen LogP contribution in [0.4, 0.5) is 0 Å². The highest BCUT2D eigenvalue weighted by molar-refractivity contribution is 5.95. The number of hydrogen-bond acceptors (Lipinski definition) is 2. The molecule has 1 aromatic heterocycles. The Hall–Kier alpha value is -1.91. The standard InChI is InChI=1S/C15H19N3O2/c1-18-6-4-11(5-7-18)14(19)16-17-15(20)13-9-10-2-3-12(13)8-10/h4-7,10,12-13,19H,2-3,8-9H2,1H3/p+1/t10-,12+,13-/m0/s1. The van der Waals surface area contributed by atoms with Crippen molar-refractivity contribution in [2.24, 2.45) is 24.8 Å². The Labute approximate surface area is 118 Å². The molecule has 1 aromatic rings. The molecule has 2 amide bonds. The third-order valence-electron chi connectivity index (χ3n) is 4.61. The summed E-state index contributed by atoms with van der Waals surface area (Å²) in [5.74, 6) is 1.02. The molecular formula is C15H20N3O2+. The van der Waals surface area contributed by atoms with Gasteiger partial charge >= 0.3 is 0 Å². The van der Waals surface area contributed by atoms with E-state index in [4.69, 9.17) is 0 Å². The first kappa shape index (κ1) is 13.1. The molecule has 3 rings (SSSR count). The zero-order valence-corrected chi connectivity index (χ0v) is 11.6. The lowest BCUT2D eigenvalue weighted by molar-refractivity contribution is -0.671. The van der Waals surface area contributed by atoms with Crippen molar-refractivity contribution in [3.05, 3.63) is 30.1 Å². The number of aryl methyl sites for hydroxylation is 1. The minimum absolute atomic E-state index is 0.0352. The molecule has 0 aromatic carbocycles. The van der Waals surface area contributed by atoms with Crippen LogP contribution < -0.4 is 15.4 Å². The second kappa shape index (κ2) is 5.23. The Morgan fingerprint density at radius 1 is 1.15 bits per heavy atom. The SMILES string of the molecule is C[n+]1ccc(C(=O)NNC(=O)[C@H]2C[C@H]3CC[C@@H]2C3)cc1. The van der Waals surface area contributed by atoms with E-state index in [2.05, 4.69) is 10.9 Å². The van der Waals surface area contributed by atoms with Gasteiger partial charge in [0, 0.05) is 18.1 Å². The van der Waals surface area contributed by atoms with E-state index in [1.54, 1.807) is 24.5 Å². The number of pyridine rings is 1. The van der Waals surface area contributed by atoms with Crippen molar-refractivity contribution in [2.75, 3.05) is 0 Å². The van der Waals surface area contributed by atoms with Crippen LogP contribution in [0.5, 0.6) is 0 Å². The lowest BCUT2D eigenvalue weighted by atomic mass is 9.88. The number of carbonyl (C=O) groups excluding carboxylic acids is 2. The molecule has 2 aliphatic rings. The van der Waals surface area contributed by atoms with E-state index in [9.17, 15) is 9.59 Å². The molecule has 2 aliphatic carbocycles. The number of hydrogen-bond donors (Lipinski definition) is 2. The van der Waals surface area contributed by atoms with Gasteiger partial charge in [0.2, 0.25) is 5.91 Å². The quantitative estimate of drug-likeness (QED) is 0.616. The second-order valence-corrected chi connectivity index (χ2v) is 5.98. The van der Waals surface area contributed by atoms with E-state index in [1.807, 2.05) is 11.6 Å².